The van der Waals surface area contributed by atoms with E-state index in [2.05, 4.69) is 10.3 Å². The Bertz CT molecular complexity index is 744. The fourth-order valence-corrected chi connectivity index (χ4v) is 3.14. The highest BCUT2D eigenvalue weighted by atomic mass is 35.5. The van der Waals surface area contributed by atoms with Crippen molar-refractivity contribution in [1.29, 1.82) is 0 Å². The van der Waals surface area contributed by atoms with Crippen LogP contribution in [-0.4, -0.2) is 31.4 Å². The standard InChI is InChI=1S/C17H27ClN2O5S/c1-10(2)14(20-16(21)24-17(4,5)6)15-13(8-12(18)9-19-15)11(3)25-26(7,22)23/h8-11,14H,1-7H3,(H,20,21). The van der Waals surface area contributed by atoms with Gasteiger partial charge in [-0.25, -0.2) is 4.79 Å². The molecule has 148 valence electrons. The van der Waals surface area contributed by atoms with Gasteiger partial charge in [0, 0.05) is 11.8 Å². The highest BCUT2D eigenvalue weighted by Gasteiger charge is 2.28. The van der Waals surface area contributed by atoms with E-state index in [0.29, 0.717) is 16.3 Å². The second-order valence-corrected chi connectivity index (χ2v) is 9.48. The van der Waals surface area contributed by atoms with E-state index in [0.717, 1.165) is 6.26 Å². The van der Waals surface area contributed by atoms with E-state index in [1.54, 1.807) is 33.8 Å². The van der Waals surface area contributed by atoms with Crippen LogP contribution in [0, 0.1) is 5.92 Å². The van der Waals surface area contributed by atoms with Gasteiger partial charge in [-0.1, -0.05) is 25.4 Å². The molecule has 0 aliphatic carbocycles. The zero-order valence-electron chi connectivity index (χ0n) is 16.2. The quantitative estimate of drug-likeness (QED) is 0.717. The summed E-state index contributed by atoms with van der Waals surface area (Å²) in [4.78, 5) is 16.5. The number of rotatable bonds is 6. The maximum atomic E-state index is 12.2. The van der Waals surface area contributed by atoms with Gasteiger partial charge in [-0.3, -0.25) is 9.17 Å². The third-order valence-corrected chi connectivity index (χ3v) is 4.15. The van der Waals surface area contributed by atoms with Crippen molar-refractivity contribution in [2.45, 2.75) is 59.3 Å². The number of hydrogen-bond donors (Lipinski definition) is 1. The fraction of sp³-hybridized carbons (Fsp3) is 0.647. The first-order chi connectivity index (χ1) is 11.7. The molecule has 1 amide bonds. The van der Waals surface area contributed by atoms with E-state index < -0.39 is 34.0 Å². The monoisotopic (exact) mass is 406 g/mol. The number of ether oxygens (including phenoxy) is 1. The molecule has 7 nitrogen and oxygen atoms in total. The van der Waals surface area contributed by atoms with Crippen LogP contribution >= 0.6 is 11.6 Å². The second-order valence-electron chi connectivity index (χ2n) is 7.44. The Morgan fingerprint density at radius 1 is 1.27 bits per heavy atom. The zero-order valence-corrected chi connectivity index (χ0v) is 17.7. The van der Waals surface area contributed by atoms with Crippen molar-refractivity contribution in [3.8, 4) is 0 Å². The van der Waals surface area contributed by atoms with Crippen molar-refractivity contribution in [2.75, 3.05) is 6.26 Å². The third-order valence-electron chi connectivity index (χ3n) is 3.31. The fourth-order valence-electron chi connectivity index (χ4n) is 2.35. The maximum Gasteiger partial charge on any atom is 0.408 e. The topological polar surface area (TPSA) is 94.6 Å². The van der Waals surface area contributed by atoms with Crippen molar-refractivity contribution in [2.24, 2.45) is 5.92 Å². The first-order valence-electron chi connectivity index (χ1n) is 8.22. The first-order valence-corrected chi connectivity index (χ1v) is 10.4. The van der Waals surface area contributed by atoms with Crippen LogP contribution in [-0.2, 0) is 19.0 Å². The van der Waals surface area contributed by atoms with Gasteiger partial charge in [-0.15, -0.1) is 0 Å². The molecule has 0 fully saturated rings. The van der Waals surface area contributed by atoms with E-state index in [-0.39, 0.29) is 5.92 Å². The predicted octanol–water partition coefficient (Wildman–Crippen LogP) is 3.99. The van der Waals surface area contributed by atoms with Gasteiger partial charge in [0.15, 0.2) is 0 Å². The maximum absolute atomic E-state index is 12.2. The second kappa shape index (κ2) is 8.54. The number of alkyl carbamates (subject to hydrolysis) is 1. The molecule has 1 N–H and O–H groups in total. The van der Waals surface area contributed by atoms with Crippen LogP contribution < -0.4 is 5.32 Å². The summed E-state index contributed by atoms with van der Waals surface area (Å²) in [5, 5.41) is 3.14. The van der Waals surface area contributed by atoms with Gasteiger partial charge in [-0.2, -0.15) is 8.42 Å². The molecule has 0 radical (unpaired) electrons. The Balaban J connectivity index is 3.25. The Kier molecular flexibility index (Phi) is 7.44. The van der Waals surface area contributed by atoms with Crippen molar-refractivity contribution in [3.63, 3.8) is 0 Å². The number of hydrogen-bond acceptors (Lipinski definition) is 6. The highest BCUT2D eigenvalue weighted by molar-refractivity contribution is 7.86. The normalized spacial score (nSPS) is 14.8. The van der Waals surface area contributed by atoms with E-state index in [1.807, 2.05) is 13.8 Å². The minimum atomic E-state index is -3.68. The minimum Gasteiger partial charge on any atom is -0.444 e. The number of nitrogens with zero attached hydrogens (tertiary/aromatic N) is 1. The molecule has 0 spiro atoms. The van der Waals surface area contributed by atoms with Crippen LogP contribution in [0.5, 0.6) is 0 Å². The van der Waals surface area contributed by atoms with E-state index in [4.69, 9.17) is 20.5 Å². The van der Waals surface area contributed by atoms with E-state index >= 15 is 0 Å². The molecule has 1 rings (SSSR count). The molecule has 9 heteroatoms. The highest BCUT2D eigenvalue weighted by Crippen LogP contribution is 2.31. The van der Waals surface area contributed by atoms with Crippen molar-refractivity contribution in [1.82, 2.24) is 10.3 Å². The van der Waals surface area contributed by atoms with Crippen LogP contribution in [0.3, 0.4) is 0 Å². The Morgan fingerprint density at radius 3 is 2.31 bits per heavy atom. The largest absolute Gasteiger partial charge is 0.444 e. The number of aromatic nitrogens is 1. The molecule has 1 heterocycles. The van der Waals surface area contributed by atoms with Crippen molar-refractivity contribution < 1.29 is 22.1 Å². The number of amides is 1. The molecule has 2 atom stereocenters. The van der Waals surface area contributed by atoms with Crippen LogP contribution in [0.4, 0.5) is 4.79 Å². The van der Waals surface area contributed by atoms with Crippen molar-refractivity contribution in [3.05, 3.63) is 28.5 Å². The van der Waals surface area contributed by atoms with Gasteiger partial charge in [0.1, 0.15) is 11.7 Å². The summed E-state index contributed by atoms with van der Waals surface area (Å²) in [6.07, 6.45) is 1.02. The summed E-state index contributed by atoms with van der Waals surface area (Å²) in [6.45, 7) is 10.7. The number of carbonyl (C=O) groups is 1. The van der Waals surface area contributed by atoms with Crippen LogP contribution in [0.25, 0.3) is 0 Å². The molecular formula is C17H27ClN2O5S. The molecule has 0 aliphatic heterocycles. The lowest BCUT2D eigenvalue weighted by molar-refractivity contribution is 0.0486. The lowest BCUT2D eigenvalue weighted by Crippen LogP contribution is -2.37. The summed E-state index contributed by atoms with van der Waals surface area (Å²) < 4.78 is 33.3. The zero-order chi connectivity index (χ0) is 20.3. The molecule has 1 aromatic heterocycles. The van der Waals surface area contributed by atoms with E-state index in [9.17, 15) is 13.2 Å². The smallest absolute Gasteiger partial charge is 0.408 e. The van der Waals surface area contributed by atoms with Gasteiger partial charge in [0.25, 0.3) is 10.1 Å². The third kappa shape index (κ3) is 7.47. The molecule has 0 saturated heterocycles. The van der Waals surface area contributed by atoms with Gasteiger partial charge in [0.05, 0.1) is 23.0 Å². The Morgan fingerprint density at radius 2 is 1.85 bits per heavy atom. The first kappa shape index (κ1) is 22.7. The van der Waals surface area contributed by atoms with Gasteiger partial charge in [0.2, 0.25) is 0 Å². The molecule has 0 aromatic carbocycles. The molecule has 0 aliphatic rings. The number of nitrogens with one attached hydrogen (secondary N) is 1. The number of carbonyl (C=O) groups excluding carboxylic acids is 1. The van der Waals surface area contributed by atoms with Gasteiger partial charge in [-0.05, 0) is 39.7 Å². The van der Waals surface area contributed by atoms with E-state index in [1.165, 1.54) is 6.20 Å². The minimum absolute atomic E-state index is 0.0413. The Hall–Kier alpha value is -1.38. The molecule has 0 bridgehead atoms. The summed E-state index contributed by atoms with van der Waals surface area (Å²) in [6, 6.07) is 1.08. The molecule has 2 unspecified atom stereocenters. The summed E-state index contributed by atoms with van der Waals surface area (Å²) in [5.41, 5.74) is 0.318. The average Bonchev–Trinajstić information content (AvgIpc) is 2.41. The molecular weight excluding hydrogens is 380 g/mol. The van der Waals surface area contributed by atoms with Crippen LogP contribution in [0.1, 0.15) is 64.9 Å². The van der Waals surface area contributed by atoms with Crippen LogP contribution in [0.15, 0.2) is 12.3 Å². The summed E-state index contributed by atoms with van der Waals surface area (Å²) >= 11 is 6.03. The summed E-state index contributed by atoms with van der Waals surface area (Å²) in [7, 11) is -3.68. The summed E-state index contributed by atoms with van der Waals surface area (Å²) in [5.74, 6) is -0.0413. The number of pyridine rings is 1. The van der Waals surface area contributed by atoms with Gasteiger partial charge >= 0.3 is 6.09 Å². The molecule has 0 saturated carbocycles. The average molecular weight is 407 g/mol. The predicted molar refractivity (Wildman–Crippen MR) is 101 cm³/mol. The van der Waals surface area contributed by atoms with Crippen LogP contribution in [0.2, 0.25) is 5.02 Å². The van der Waals surface area contributed by atoms with Crippen molar-refractivity contribution >= 4 is 27.8 Å². The Labute approximate surface area is 160 Å². The SMILES string of the molecule is CC(OS(C)(=O)=O)c1cc(Cl)cnc1C(NC(=O)OC(C)(C)C)C(C)C. The number of halogens is 1. The van der Waals surface area contributed by atoms with Gasteiger partial charge < -0.3 is 10.1 Å². The molecule has 26 heavy (non-hydrogen) atoms. The lowest BCUT2D eigenvalue weighted by atomic mass is 9.95. The lowest BCUT2D eigenvalue weighted by Gasteiger charge is -2.27. The molecule has 1 aromatic rings.